The lowest BCUT2D eigenvalue weighted by molar-refractivity contribution is -0.203. The second-order valence-corrected chi connectivity index (χ2v) is 4.59. The van der Waals surface area contributed by atoms with Crippen LogP contribution in [0.15, 0.2) is 16.9 Å². The van der Waals surface area contributed by atoms with Crippen LogP contribution in [-0.2, 0) is 9.47 Å². The van der Waals surface area contributed by atoms with Crippen LogP contribution in [0.4, 0.5) is 0 Å². The van der Waals surface area contributed by atoms with Gasteiger partial charge in [-0.05, 0) is 42.1 Å². The van der Waals surface area contributed by atoms with Crippen LogP contribution in [0.1, 0.15) is 32.4 Å². The molecular formula is C10H15BrN2O2. The molecule has 0 N–H and O–H groups in total. The number of hydrogen-bond acceptors (Lipinski definition) is 3. The van der Waals surface area contributed by atoms with Crippen molar-refractivity contribution in [3.8, 4) is 0 Å². The van der Waals surface area contributed by atoms with Crippen LogP contribution in [0.25, 0.3) is 0 Å². The molecule has 0 aliphatic carbocycles. The van der Waals surface area contributed by atoms with Crippen LogP contribution in [0.3, 0.4) is 0 Å². The molecule has 0 bridgehead atoms. The van der Waals surface area contributed by atoms with E-state index in [9.17, 15) is 0 Å². The maximum Gasteiger partial charge on any atom is 0.160 e. The Morgan fingerprint density at radius 1 is 1.67 bits per heavy atom. The summed E-state index contributed by atoms with van der Waals surface area (Å²) in [6.45, 7) is 2.78. The fourth-order valence-corrected chi connectivity index (χ4v) is 1.92. The molecule has 2 atom stereocenters. The van der Waals surface area contributed by atoms with Crippen molar-refractivity contribution in [2.75, 3.05) is 6.61 Å². The molecule has 84 valence electrons. The minimum atomic E-state index is -0.0839. The number of halogens is 1. The van der Waals surface area contributed by atoms with Crippen molar-refractivity contribution >= 4 is 15.9 Å². The van der Waals surface area contributed by atoms with Gasteiger partial charge in [-0.2, -0.15) is 5.10 Å². The summed E-state index contributed by atoms with van der Waals surface area (Å²) < 4.78 is 14.0. The molecule has 0 spiro atoms. The van der Waals surface area contributed by atoms with Gasteiger partial charge in [-0.15, -0.1) is 0 Å². The third-order valence-corrected chi connectivity index (χ3v) is 2.84. The van der Waals surface area contributed by atoms with E-state index in [4.69, 9.17) is 9.47 Å². The number of aromatic nitrogens is 2. The van der Waals surface area contributed by atoms with E-state index in [0.29, 0.717) is 0 Å². The fraction of sp³-hybridized carbons (Fsp3) is 0.700. The van der Waals surface area contributed by atoms with Crippen LogP contribution >= 0.6 is 15.9 Å². The monoisotopic (exact) mass is 274 g/mol. The van der Waals surface area contributed by atoms with E-state index in [2.05, 4.69) is 21.0 Å². The van der Waals surface area contributed by atoms with Gasteiger partial charge in [0.2, 0.25) is 0 Å². The Balaban J connectivity index is 1.88. The van der Waals surface area contributed by atoms with Crippen molar-refractivity contribution in [2.45, 2.75) is 38.7 Å². The minimum absolute atomic E-state index is 0.0725. The Kier molecular flexibility index (Phi) is 3.77. The van der Waals surface area contributed by atoms with Gasteiger partial charge in [-0.25, -0.2) is 4.68 Å². The van der Waals surface area contributed by atoms with Crippen LogP contribution < -0.4 is 0 Å². The Labute approximate surface area is 97.7 Å². The topological polar surface area (TPSA) is 36.3 Å². The Morgan fingerprint density at radius 3 is 3.13 bits per heavy atom. The molecule has 1 saturated heterocycles. The predicted octanol–water partition coefficient (Wildman–Crippen LogP) is 2.71. The minimum Gasteiger partial charge on any atom is -0.353 e. The van der Waals surface area contributed by atoms with Gasteiger partial charge >= 0.3 is 0 Å². The molecule has 0 amide bonds. The highest BCUT2D eigenvalue weighted by Crippen LogP contribution is 2.20. The number of hydrogen-bond donors (Lipinski definition) is 0. The fourth-order valence-electron chi connectivity index (χ4n) is 1.61. The summed E-state index contributed by atoms with van der Waals surface area (Å²) in [5.41, 5.74) is 0. The number of ether oxygens (including phenoxy) is 2. The molecule has 5 heteroatoms. The Hall–Kier alpha value is -0.390. The first-order valence-corrected chi connectivity index (χ1v) is 6.02. The molecule has 1 aliphatic rings. The van der Waals surface area contributed by atoms with Gasteiger partial charge in [0, 0.05) is 12.8 Å². The van der Waals surface area contributed by atoms with Crippen LogP contribution in [0, 0.1) is 0 Å². The largest absolute Gasteiger partial charge is 0.353 e. The third-order valence-electron chi connectivity index (χ3n) is 2.43. The lowest BCUT2D eigenvalue weighted by atomic mass is 10.2. The summed E-state index contributed by atoms with van der Waals surface area (Å²) in [4.78, 5) is 0. The molecule has 15 heavy (non-hydrogen) atoms. The van der Waals surface area contributed by atoms with Crippen molar-refractivity contribution in [2.24, 2.45) is 0 Å². The molecule has 0 saturated carbocycles. The summed E-state index contributed by atoms with van der Waals surface area (Å²) >= 11 is 3.36. The molecule has 2 rings (SSSR count). The molecule has 0 radical (unpaired) electrons. The summed E-state index contributed by atoms with van der Waals surface area (Å²) in [6, 6.07) is 0. The molecule has 1 aromatic heterocycles. The predicted molar refractivity (Wildman–Crippen MR) is 59.3 cm³/mol. The lowest BCUT2D eigenvalue weighted by Crippen LogP contribution is -2.25. The van der Waals surface area contributed by atoms with Gasteiger partial charge in [0.05, 0.1) is 10.7 Å². The normalized spacial score (nSPS) is 24.0. The molecule has 1 aromatic rings. The van der Waals surface area contributed by atoms with Crippen molar-refractivity contribution in [1.82, 2.24) is 9.78 Å². The summed E-state index contributed by atoms with van der Waals surface area (Å²) in [6.07, 6.45) is 6.79. The molecule has 4 nitrogen and oxygen atoms in total. The van der Waals surface area contributed by atoms with E-state index in [1.54, 1.807) is 10.9 Å². The van der Waals surface area contributed by atoms with Crippen molar-refractivity contribution in [3.63, 3.8) is 0 Å². The molecule has 1 aliphatic heterocycles. The lowest BCUT2D eigenvalue weighted by Gasteiger charge is -2.25. The smallest absolute Gasteiger partial charge is 0.160 e. The highest BCUT2D eigenvalue weighted by molar-refractivity contribution is 9.10. The molecule has 2 heterocycles. The van der Waals surface area contributed by atoms with Crippen LogP contribution in [0.5, 0.6) is 0 Å². The van der Waals surface area contributed by atoms with Gasteiger partial charge in [-0.1, -0.05) is 0 Å². The summed E-state index contributed by atoms with van der Waals surface area (Å²) in [7, 11) is 0. The first-order valence-electron chi connectivity index (χ1n) is 5.22. The van der Waals surface area contributed by atoms with E-state index in [1.807, 2.05) is 13.1 Å². The van der Waals surface area contributed by atoms with E-state index in [0.717, 1.165) is 23.9 Å². The van der Waals surface area contributed by atoms with Gasteiger partial charge in [0.15, 0.2) is 12.5 Å². The van der Waals surface area contributed by atoms with Crippen LogP contribution in [-0.4, -0.2) is 22.7 Å². The van der Waals surface area contributed by atoms with E-state index in [-0.39, 0.29) is 12.5 Å². The third kappa shape index (κ3) is 3.03. The van der Waals surface area contributed by atoms with E-state index in [1.165, 1.54) is 6.42 Å². The first kappa shape index (κ1) is 11.1. The zero-order chi connectivity index (χ0) is 10.7. The number of rotatable bonds is 3. The molecule has 0 aromatic carbocycles. The number of nitrogens with zero attached hydrogens (tertiary/aromatic N) is 2. The second-order valence-electron chi connectivity index (χ2n) is 3.67. The zero-order valence-corrected chi connectivity index (χ0v) is 10.3. The van der Waals surface area contributed by atoms with Gasteiger partial charge in [0.25, 0.3) is 0 Å². The Morgan fingerprint density at radius 2 is 2.53 bits per heavy atom. The van der Waals surface area contributed by atoms with Gasteiger partial charge in [0.1, 0.15) is 0 Å². The van der Waals surface area contributed by atoms with Crippen molar-refractivity contribution in [1.29, 1.82) is 0 Å². The maximum absolute atomic E-state index is 5.75. The molecule has 1 fully saturated rings. The maximum atomic E-state index is 5.75. The summed E-state index contributed by atoms with van der Waals surface area (Å²) in [5.74, 6) is 0. The highest BCUT2D eigenvalue weighted by atomic mass is 79.9. The van der Waals surface area contributed by atoms with Gasteiger partial charge in [-0.3, -0.25) is 0 Å². The van der Waals surface area contributed by atoms with Crippen molar-refractivity contribution < 1.29 is 9.47 Å². The van der Waals surface area contributed by atoms with Gasteiger partial charge < -0.3 is 9.47 Å². The molecular weight excluding hydrogens is 260 g/mol. The zero-order valence-electron chi connectivity index (χ0n) is 8.73. The SMILES string of the molecule is CC(OC1CCCCO1)n1cc(Br)cn1. The molecule has 2 unspecified atom stereocenters. The average molecular weight is 275 g/mol. The summed E-state index contributed by atoms with van der Waals surface area (Å²) in [5, 5.41) is 4.17. The Bertz CT molecular complexity index is 310. The highest BCUT2D eigenvalue weighted by Gasteiger charge is 2.18. The van der Waals surface area contributed by atoms with Crippen molar-refractivity contribution in [3.05, 3.63) is 16.9 Å². The quantitative estimate of drug-likeness (QED) is 0.851. The van der Waals surface area contributed by atoms with E-state index >= 15 is 0 Å². The van der Waals surface area contributed by atoms with Crippen LogP contribution in [0.2, 0.25) is 0 Å². The average Bonchev–Trinajstić information content (AvgIpc) is 2.66. The first-order chi connectivity index (χ1) is 7.25. The second kappa shape index (κ2) is 5.09. The van der Waals surface area contributed by atoms with E-state index < -0.39 is 0 Å². The standard InChI is InChI=1S/C10H15BrN2O2/c1-8(13-7-9(11)6-12-13)15-10-4-2-3-5-14-10/h6-8,10H,2-5H2,1H3.